The molecule has 1 aliphatic rings. The number of allylic oxidation sites excluding steroid dienone is 1. The van der Waals surface area contributed by atoms with Gasteiger partial charge in [-0.05, 0) is 51.5 Å². The Labute approximate surface area is 173 Å². The van der Waals surface area contributed by atoms with Crippen LogP contribution in [0.4, 0.5) is 5.82 Å². The number of carbonyl (C=O) groups is 1. The fourth-order valence-electron chi connectivity index (χ4n) is 3.64. The average Bonchev–Trinajstić information content (AvgIpc) is 3.30. The summed E-state index contributed by atoms with van der Waals surface area (Å²) in [5, 5.41) is 11.1. The molecule has 0 aromatic carbocycles. The molecule has 3 aromatic rings. The van der Waals surface area contributed by atoms with Gasteiger partial charge in [0.15, 0.2) is 5.76 Å². The summed E-state index contributed by atoms with van der Waals surface area (Å²) in [7, 11) is 0. The molecule has 0 unspecified atom stereocenters. The van der Waals surface area contributed by atoms with E-state index in [1.165, 1.54) is 42.6 Å². The second-order valence-corrected chi connectivity index (χ2v) is 8.36. The first-order chi connectivity index (χ1) is 14.1. The number of thiophene rings is 1. The van der Waals surface area contributed by atoms with Crippen LogP contribution in [0, 0.1) is 13.8 Å². The highest BCUT2D eigenvalue weighted by atomic mass is 32.1. The highest BCUT2D eigenvalue weighted by molar-refractivity contribution is 7.20. The van der Waals surface area contributed by atoms with E-state index in [2.05, 4.69) is 31.8 Å². The Bertz CT molecular complexity index is 1050. The number of anilines is 1. The number of carbonyl (C=O) groups excluding carboxylic acids is 1. The van der Waals surface area contributed by atoms with Crippen molar-refractivity contribution in [1.29, 1.82) is 0 Å². The van der Waals surface area contributed by atoms with Gasteiger partial charge in [-0.3, -0.25) is 4.79 Å². The van der Waals surface area contributed by atoms with Crippen LogP contribution in [0.2, 0.25) is 0 Å². The maximum absolute atomic E-state index is 12.7. The SMILES string of the molecule is Cc1cc(CNC(=O)c2sc3ncnc(NCCC4=CCCCC4)c3c2C)on1. The zero-order chi connectivity index (χ0) is 20.2. The third kappa shape index (κ3) is 4.48. The first-order valence-corrected chi connectivity index (χ1v) is 10.8. The Kier molecular flexibility index (Phi) is 5.89. The molecule has 8 heteroatoms. The van der Waals surface area contributed by atoms with Crippen molar-refractivity contribution < 1.29 is 9.32 Å². The number of fused-ring (bicyclic) bond motifs is 1. The summed E-state index contributed by atoms with van der Waals surface area (Å²) in [6.45, 7) is 4.94. The molecular formula is C21H25N5O2S. The third-order valence-electron chi connectivity index (χ3n) is 5.16. The standard InChI is InChI=1S/C21H25N5O2S/c1-13-10-16(28-26-13)11-23-20(27)18-14(2)17-19(24-12-25-21(17)29-18)22-9-8-15-6-4-3-5-7-15/h6,10,12H,3-5,7-9,11H2,1-2H3,(H,23,27)(H,22,24,25). The van der Waals surface area contributed by atoms with Gasteiger partial charge in [0, 0.05) is 12.6 Å². The van der Waals surface area contributed by atoms with E-state index in [0.29, 0.717) is 17.2 Å². The second-order valence-electron chi connectivity index (χ2n) is 7.36. The van der Waals surface area contributed by atoms with Gasteiger partial charge < -0.3 is 15.2 Å². The number of hydrogen-bond acceptors (Lipinski definition) is 7. The van der Waals surface area contributed by atoms with E-state index < -0.39 is 0 Å². The van der Waals surface area contributed by atoms with Crippen LogP contribution in [0.1, 0.15) is 58.8 Å². The van der Waals surface area contributed by atoms with Crippen molar-refractivity contribution in [3.05, 3.63) is 45.9 Å². The molecule has 7 nitrogen and oxygen atoms in total. The molecule has 1 amide bonds. The number of aryl methyl sites for hydroxylation is 2. The molecule has 0 aliphatic heterocycles. The summed E-state index contributed by atoms with van der Waals surface area (Å²) < 4.78 is 5.15. The van der Waals surface area contributed by atoms with Crippen molar-refractivity contribution in [2.24, 2.45) is 0 Å². The number of rotatable bonds is 7. The van der Waals surface area contributed by atoms with Gasteiger partial charge in [0.25, 0.3) is 5.91 Å². The Hall–Kier alpha value is -2.74. The predicted octanol–water partition coefficient (Wildman–Crippen LogP) is 4.53. The van der Waals surface area contributed by atoms with Gasteiger partial charge in [-0.25, -0.2) is 9.97 Å². The van der Waals surface area contributed by atoms with E-state index >= 15 is 0 Å². The molecule has 4 rings (SSSR count). The van der Waals surface area contributed by atoms with E-state index in [-0.39, 0.29) is 5.91 Å². The topological polar surface area (TPSA) is 92.9 Å². The van der Waals surface area contributed by atoms with E-state index in [4.69, 9.17) is 4.52 Å². The maximum atomic E-state index is 12.7. The van der Waals surface area contributed by atoms with Crippen molar-refractivity contribution in [2.45, 2.75) is 52.5 Å². The number of nitrogens with one attached hydrogen (secondary N) is 2. The van der Waals surface area contributed by atoms with Crippen LogP contribution < -0.4 is 10.6 Å². The first kappa shape index (κ1) is 19.6. The Balaban J connectivity index is 1.46. The normalized spacial score (nSPS) is 14.1. The molecule has 0 saturated heterocycles. The molecule has 3 aromatic heterocycles. The Morgan fingerprint density at radius 3 is 2.93 bits per heavy atom. The van der Waals surface area contributed by atoms with Gasteiger partial charge in [0.1, 0.15) is 17.0 Å². The first-order valence-electron chi connectivity index (χ1n) is 9.98. The molecule has 0 radical (unpaired) electrons. The summed E-state index contributed by atoms with van der Waals surface area (Å²) >= 11 is 1.39. The molecule has 29 heavy (non-hydrogen) atoms. The number of nitrogens with zero attached hydrogens (tertiary/aromatic N) is 3. The third-order valence-corrected chi connectivity index (χ3v) is 6.36. The molecule has 0 atom stereocenters. The fraction of sp³-hybridized carbons (Fsp3) is 0.429. The zero-order valence-electron chi connectivity index (χ0n) is 16.7. The molecule has 1 aliphatic carbocycles. The van der Waals surface area contributed by atoms with Crippen molar-refractivity contribution in [3.63, 3.8) is 0 Å². The van der Waals surface area contributed by atoms with Crippen molar-refractivity contribution >= 4 is 33.3 Å². The van der Waals surface area contributed by atoms with Gasteiger partial charge in [0.2, 0.25) is 0 Å². The quantitative estimate of drug-likeness (QED) is 0.555. The largest absolute Gasteiger partial charge is 0.369 e. The summed E-state index contributed by atoms with van der Waals surface area (Å²) in [6.07, 6.45) is 9.95. The summed E-state index contributed by atoms with van der Waals surface area (Å²) in [5.74, 6) is 1.29. The van der Waals surface area contributed by atoms with Gasteiger partial charge in [-0.1, -0.05) is 16.8 Å². The van der Waals surface area contributed by atoms with E-state index in [1.807, 2.05) is 19.9 Å². The van der Waals surface area contributed by atoms with Crippen molar-refractivity contribution in [3.8, 4) is 0 Å². The minimum atomic E-state index is -0.141. The number of aromatic nitrogens is 3. The van der Waals surface area contributed by atoms with Gasteiger partial charge in [-0.15, -0.1) is 11.3 Å². The van der Waals surface area contributed by atoms with Gasteiger partial charge >= 0.3 is 0 Å². The van der Waals surface area contributed by atoms with E-state index in [1.54, 1.807) is 6.33 Å². The van der Waals surface area contributed by atoms with Crippen LogP contribution in [0.5, 0.6) is 0 Å². The molecule has 0 spiro atoms. The smallest absolute Gasteiger partial charge is 0.262 e. The lowest BCUT2D eigenvalue weighted by Gasteiger charge is -2.13. The number of amides is 1. The van der Waals surface area contributed by atoms with E-state index in [0.717, 1.165) is 40.3 Å². The van der Waals surface area contributed by atoms with Crippen LogP contribution in [-0.2, 0) is 6.54 Å². The predicted molar refractivity (Wildman–Crippen MR) is 114 cm³/mol. The lowest BCUT2D eigenvalue weighted by molar-refractivity contribution is 0.0950. The van der Waals surface area contributed by atoms with Gasteiger partial charge in [-0.2, -0.15) is 0 Å². The van der Waals surface area contributed by atoms with Crippen LogP contribution in [0.15, 0.2) is 28.6 Å². The van der Waals surface area contributed by atoms with Crippen molar-refractivity contribution in [1.82, 2.24) is 20.4 Å². The molecule has 0 fully saturated rings. The monoisotopic (exact) mass is 411 g/mol. The summed E-state index contributed by atoms with van der Waals surface area (Å²) in [4.78, 5) is 23.0. The van der Waals surface area contributed by atoms with Crippen molar-refractivity contribution in [2.75, 3.05) is 11.9 Å². The Morgan fingerprint density at radius 2 is 2.17 bits per heavy atom. The molecule has 152 valence electrons. The Morgan fingerprint density at radius 1 is 1.28 bits per heavy atom. The van der Waals surface area contributed by atoms with Gasteiger partial charge in [0.05, 0.1) is 22.5 Å². The molecule has 0 saturated carbocycles. The summed E-state index contributed by atoms with van der Waals surface area (Å²) in [6, 6.07) is 1.81. The van der Waals surface area contributed by atoms with Crippen LogP contribution in [-0.4, -0.2) is 27.6 Å². The zero-order valence-corrected chi connectivity index (χ0v) is 17.6. The summed E-state index contributed by atoms with van der Waals surface area (Å²) in [5.41, 5.74) is 3.22. The van der Waals surface area contributed by atoms with Crippen LogP contribution in [0.25, 0.3) is 10.2 Å². The highest BCUT2D eigenvalue weighted by Gasteiger charge is 2.19. The molecule has 3 heterocycles. The minimum absolute atomic E-state index is 0.141. The molecular weight excluding hydrogens is 386 g/mol. The maximum Gasteiger partial charge on any atom is 0.262 e. The molecule has 0 bridgehead atoms. The minimum Gasteiger partial charge on any atom is -0.369 e. The number of hydrogen-bond donors (Lipinski definition) is 2. The van der Waals surface area contributed by atoms with E-state index in [9.17, 15) is 4.79 Å². The van der Waals surface area contributed by atoms with Crippen LogP contribution >= 0.6 is 11.3 Å². The lowest BCUT2D eigenvalue weighted by Crippen LogP contribution is -2.22. The lowest BCUT2D eigenvalue weighted by atomic mass is 9.97. The highest BCUT2D eigenvalue weighted by Crippen LogP contribution is 2.33. The fourth-order valence-corrected chi connectivity index (χ4v) is 4.71. The molecule has 2 N–H and O–H groups in total. The van der Waals surface area contributed by atoms with Crippen LogP contribution in [0.3, 0.4) is 0 Å². The second kappa shape index (κ2) is 8.73. The average molecular weight is 412 g/mol.